The lowest BCUT2D eigenvalue weighted by Gasteiger charge is -2.20. The number of rotatable bonds is 5. The summed E-state index contributed by atoms with van der Waals surface area (Å²) in [4.78, 5) is 25.2. The zero-order valence-corrected chi connectivity index (χ0v) is 22.3. The third-order valence-corrected chi connectivity index (χ3v) is 7.09. The summed E-state index contributed by atoms with van der Waals surface area (Å²) in [6.45, 7) is 10.5. The molecule has 0 radical (unpaired) electrons. The second-order valence-corrected chi connectivity index (χ2v) is 11.4. The van der Waals surface area contributed by atoms with Gasteiger partial charge in [0, 0.05) is 41.1 Å². The third kappa shape index (κ3) is 4.32. The van der Waals surface area contributed by atoms with E-state index in [0.29, 0.717) is 17.2 Å². The van der Waals surface area contributed by atoms with E-state index in [0.717, 1.165) is 35.6 Å². The van der Waals surface area contributed by atoms with Crippen LogP contribution in [0.25, 0.3) is 16.7 Å². The highest BCUT2D eigenvalue weighted by Gasteiger charge is 2.24. The molecule has 1 unspecified atom stereocenters. The Hall–Kier alpha value is -3.45. The number of hydrogen-bond acceptors (Lipinski definition) is 5. The number of fused-ring (bicyclic) bond motifs is 2. The average molecular weight is 485 g/mol. The summed E-state index contributed by atoms with van der Waals surface area (Å²) < 4.78 is 3.70. The molecule has 0 fully saturated rings. The molecule has 0 amide bonds. The van der Waals surface area contributed by atoms with Crippen molar-refractivity contribution < 1.29 is 0 Å². The highest BCUT2D eigenvalue weighted by molar-refractivity contribution is 5.82. The van der Waals surface area contributed by atoms with Crippen molar-refractivity contribution in [2.45, 2.75) is 65.0 Å². The van der Waals surface area contributed by atoms with Crippen LogP contribution in [-0.4, -0.2) is 44.4 Å². The first-order chi connectivity index (χ1) is 17.0. The summed E-state index contributed by atoms with van der Waals surface area (Å²) in [7, 11) is 4.29. The Morgan fingerprint density at radius 3 is 2.50 bits per heavy atom. The van der Waals surface area contributed by atoms with Crippen LogP contribution >= 0.6 is 0 Å². The summed E-state index contributed by atoms with van der Waals surface area (Å²) in [6, 6.07) is 15.0. The molecule has 0 saturated heterocycles. The van der Waals surface area contributed by atoms with E-state index in [9.17, 15) is 4.79 Å². The van der Waals surface area contributed by atoms with Gasteiger partial charge in [-0.15, -0.1) is 0 Å². The molecule has 0 bridgehead atoms. The molecule has 5 rings (SSSR count). The maximum absolute atomic E-state index is 13.4. The number of nitrogens with one attached hydrogen (secondary N) is 1. The molecule has 1 aliphatic carbocycles. The van der Waals surface area contributed by atoms with E-state index in [1.54, 1.807) is 10.9 Å². The highest BCUT2D eigenvalue weighted by atomic mass is 16.1. The first-order valence-corrected chi connectivity index (χ1v) is 12.7. The molecule has 1 N–H and O–H groups in total. The molecule has 0 spiro atoms. The minimum absolute atomic E-state index is 0.0391. The minimum Gasteiger partial charge on any atom is -0.340 e. The van der Waals surface area contributed by atoms with Gasteiger partial charge in [-0.1, -0.05) is 32.9 Å². The highest BCUT2D eigenvalue weighted by Crippen LogP contribution is 2.29. The van der Waals surface area contributed by atoms with E-state index in [2.05, 4.69) is 68.3 Å². The third-order valence-electron chi connectivity index (χ3n) is 7.09. The zero-order valence-electron chi connectivity index (χ0n) is 22.3. The van der Waals surface area contributed by atoms with Gasteiger partial charge < -0.3 is 10.2 Å². The van der Waals surface area contributed by atoms with Gasteiger partial charge in [0.15, 0.2) is 5.82 Å². The van der Waals surface area contributed by atoms with Gasteiger partial charge in [0.2, 0.25) is 0 Å². The number of anilines is 2. The van der Waals surface area contributed by atoms with Crippen molar-refractivity contribution in [3.8, 4) is 5.82 Å². The van der Waals surface area contributed by atoms with Gasteiger partial charge in [-0.25, -0.2) is 19.3 Å². The number of hydrogen-bond donors (Lipinski definition) is 1. The summed E-state index contributed by atoms with van der Waals surface area (Å²) in [5.74, 6) is 1.43. The number of nitrogens with zero attached hydrogens (tertiary/aromatic N) is 5. The number of likely N-dealkylation sites (N-methyl/N-ethyl adjacent to an activating group) is 1. The molecular formula is C29H36N6O. The predicted molar refractivity (Wildman–Crippen MR) is 147 cm³/mol. The topological polar surface area (TPSA) is 68.0 Å². The van der Waals surface area contributed by atoms with Crippen LogP contribution in [0.5, 0.6) is 0 Å². The maximum atomic E-state index is 13.4. The number of aromatic nitrogens is 4. The predicted octanol–water partition coefficient (Wildman–Crippen LogP) is 5.23. The van der Waals surface area contributed by atoms with Crippen molar-refractivity contribution in [2.24, 2.45) is 0 Å². The van der Waals surface area contributed by atoms with Crippen LogP contribution in [0.2, 0.25) is 0 Å². The average Bonchev–Trinajstić information content (AvgIpc) is 3.37. The molecular weight excluding hydrogens is 448 g/mol. The summed E-state index contributed by atoms with van der Waals surface area (Å²) in [5.41, 5.74) is 5.40. The van der Waals surface area contributed by atoms with Crippen LogP contribution in [0.1, 0.15) is 57.5 Å². The van der Waals surface area contributed by atoms with Crippen LogP contribution in [0.3, 0.4) is 0 Å². The largest absolute Gasteiger partial charge is 0.340 e. The molecule has 7 nitrogen and oxygen atoms in total. The summed E-state index contributed by atoms with van der Waals surface area (Å²) in [6.07, 6.45) is 3.82. The molecule has 0 saturated carbocycles. The van der Waals surface area contributed by atoms with Crippen molar-refractivity contribution in [2.75, 3.05) is 19.4 Å². The van der Waals surface area contributed by atoms with E-state index in [-0.39, 0.29) is 17.0 Å². The summed E-state index contributed by atoms with van der Waals surface area (Å²) >= 11 is 0. The van der Waals surface area contributed by atoms with Crippen molar-refractivity contribution in [3.05, 3.63) is 75.8 Å². The zero-order chi connectivity index (χ0) is 25.8. The summed E-state index contributed by atoms with van der Waals surface area (Å²) in [5, 5.41) is 4.06. The maximum Gasteiger partial charge on any atom is 0.276 e. The normalized spacial score (nSPS) is 15.8. The Morgan fingerprint density at radius 1 is 1.06 bits per heavy atom. The molecule has 3 aromatic heterocycles. The van der Waals surface area contributed by atoms with Crippen LogP contribution in [0, 0.1) is 0 Å². The Labute approximate surface area is 212 Å². The fourth-order valence-corrected chi connectivity index (χ4v) is 5.03. The number of benzene rings is 1. The molecule has 3 heterocycles. The lowest BCUT2D eigenvalue weighted by atomic mass is 9.92. The van der Waals surface area contributed by atoms with Crippen LogP contribution < -0.4 is 10.9 Å². The first-order valence-electron chi connectivity index (χ1n) is 12.7. The second-order valence-electron chi connectivity index (χ2n) is 11.4. The van der Waals surface area contributed by atoms with Crippen molar-refractivity contribution in [1.82, 2.24) is 24.2 Å². The lowest BCUT2D eigenvalue weighted by Crippen LogP contribution is -2.27. The van der Waals surface area contributed by atoms with Crippen molar-refractivity contribution in [1.29, 1.82) is 0 Å². The SMILES string of the molecule is CC(C)n1c(=O)c2cnc(Nc3ccc4c(c3)CC(N(C)C)C4)cc2n1-c1cccc(C(C)(C)C)n1. The molecule has 1 aliphatic rings. The molecule has 1 aromatic carbocycles. The van der Waals surface area contributed by atoms with E-state index < -0.39 is 0 Å². The van der Waals surface area contributed by atoms with Gasteiger partial charge in [0.05, 0.1) is 10.9 Å². The quantitative estimate of drug-likeness (QED) is 0.420. The smallest absolute Gasteiger partial charge is 0.276 e. The Bertz CT molecular complexity index is 1490. The van der Waals surface area contributed by atoms with Crippen LogP contribution in [-0.2, 0) is 18.3 Å². The van der Waals surface area contributed by atoms with Crippen LogP contribution in [0.15, 0.2) is 53.5 Å². The van der Waals surface area contributed by atoms with Gasteiger partial charge in [0.1, 0.15) is 5.82 Å². The van der Waals surface area contributed by atoms with Gasteiger partial charge in [-0.3, -0.25) is 4.79 Å². The molecule has 188 valence electrons. The fourth-order valence-electron chi connectivity index (χ4n) is 5.03. The molecule has 4 aromatic rings. The van der Waals surface area contributed by atoms with Gasteiger partial charge in [-0.2, -0.15) is 0 Å². The lowest BCUT2D eigenvalue weighted by molar-refractivity contribution is 0.303. The molecule has 7 heteroatoms. The molecule has 1 atom stereocenters. The van der Waals surface area contributed by atoms with E-state index in [1.165, 1.54) is 11.1 Å². The van der Waals surface area contributed by atoms with E-state index in [1.807, 2.05) is 42.8 Å². The Morgan fingerprint density at radius 2 is 1.81 bits per heavy atom. The monoisotopic (exact) mass is 484 g/mol. The standard InChI is InChI=1S/C29H36N6O/c1-18(2)34-28(36)23-17-30-26(31-21-12-11-19-14-22(33(6)7)15-20(19)13-21)16-24(23)35(34)27-10-8-9-25(32-27)29(3,4)5/h8-13,16-18,22H,14-15H2,1-7H3,(H,30,31). The van der Waals surface area contributed by atoms with Crippen LogP contribution in [0.4, 0.5) is 11.5 Å². The fraction of sp³-hybridized carbons (Fsp3) is 0.414. The van der Waals surface area contributed by atoms with Gasteiger partial charge in [0.25, 0.3) is 5.56 Å². The van der Waals surface area contributed by atoms with Gasteiger partial charge >= 0.3 is 0 Å². The Kier molecular flexibility index (Phi) is 5.99. The van der Waals surface area contributed by atoms with Gasteiger partial charge in [-0.05, 0) is 76.2 Å². The molecule has 0 aliphatic heterocycles. The van der Waals surface area contributed by atoms with E-state index in [4.69, 9.17) is 4.98 Å². The number of pyridine rings is 2. The minimum atomic E-state index is -0.102. The first kappa shape index (κ1) is 24.3. The van der Waals surface area contributed by atoms with E-state index >= 15 is 0 Å². The molecule has 36 heavy (non-hydrogen) atoms. The van der Waals surface area contributed by atoms with Crippen molar-refractivity contribution >= 4 is 22.4 Å². The second kappa shape index (κ2) is 8.89. The van der Waals surface area contributed by atoms with Crippen molar-refractivity contribution in [3.63, 3.8) is 0 Å². The Balaban J connectivity index is 1.58.